The fraction of sp³-hybridized carbons (Fsp3) is 0.615. The molecule has 1 aliphatic carbocycles. The van der Waals surface area contributed by atoms with Crippen LogP contribution in [-0.4, -0.2) is 29.4 Å². The minimum absolute atomic E-state index is 0.168. The topological polar surface area (TPSA) is 82.1 Å². The van der Waals surface area contributed by atoms with Gasteiger partial charge in [0.25, 0.3) is 5.56 Å². The molecular formula is C13H18N4O3. The van der Waals surface area contributed by atoms with Gasteiger partial charge in [0.05, 0.1) is 11.9 Å². The Morgan fingerprint density at radius 2 is 2.05 bits per heavy atom. The summed E-state index contributed by atoms with van der Waals surface area (Å²) in [6.07, 6.45) is 2.77. The summed E-state index contributed by atoms with van der Waals surface area (Å²) >= 11 is 0. The van der Waals surface area contributed by atoms with Gasteiger partial charge in [-0.1, -0.05) is 0 Å². The molecule has 7 nitrogen and oxygen atoms in total. The van der Waals surface area contributed by atoms with Gasteiger partial charge in [-0.2, -0.15) is 0 Å². The number of nitrogens with zero attached hydrogens (tertiary/aromatic N) is 4. The predicted molar refractivity (Wildman–Crippen MR) is 73.6 cm³/mol. The summed E-state index contributed by atoms with van der Waals surface area (Å²) in [6, 6.07) is 0. The number of hydrogen-bond acceptors (Lipinski definition) is 4. The highest BCUT2D eigenvalue weighted by Gasteiger charge is 2.38. The van der Waals surface area contributed by atoms with Gasteiger partial charge in [0.2, 0.25) is 0 Å². The van der Waals surface area contributed by atoms with Gasteiger partial charge in [0.15, 0.2) is 11.2 Å². The number of hydrogen-bond donors (Lipinski definition) is 1. The number of aryl methyl sites for hydroxylation is 2. The van der Waals surface area contributed by atoms with E-state index >= 15 is 0 Å². The zero-order valence-electron chi connectivity index (χ0n) is 11.8. The van der Waals surface area contributed by atoms with E-state index in [-0.39, 0.29) is 17.2 Å². The quantitative estimate of drug-likeness (QED) is 0.810. The highest BCUT2D eigenvalue weighted by Crippen LogP contribution is 2.37. The first-order valence-corrected chi connectivity index (χ1v) is 6.63. The fourth-order valence-electron chi connectivity index (χ4n) is 3.13. The third-order valence-corrected chi connectivity index (χ3v) is 4.10. The van der Waals surface area contributed by atoms with Crippen molar-refractivity contribution >= 4 is 11.2 Å². The van der Waals surface area contributed by atoms with Crippen molar-refractivity contribution in [1.82, 2.24) is 18.7 Å². The van der Waals surface area contributed by atoms with Crippen molar-refractivity contribution in [3.8, 4) is 0 Å². The summed E-state index contributed by atoms with van der Waals surface area (Å²) in [5.41, 5.74) is -0.490. The van der Waals surface area contributed by atoms with E-state index in [0.717, 1.165) is 0 Å². The molecule has 20 heavy (non-hydrogen) atoms. The molecule has 3 rings (SSSR count). The third-order valence-electron chi connectivity index (χ3n) is 4.10. The van der Waals surface area contributed by atoms with Gasteiger partial charge >= 0.3 is 5.69 Å². The van der Waals surface area contributed by atoms with Crippen LogP contribution < -0.4 is 11.2 Å². The fourth-order valence-corrected chi connectivity index (χ4v) is 3.13. The molecule has 2 aromatic heterocycles. The van der Waals surface area contributed by atoms with Gasteiger partial charge in [-0.05, 0) is 25.7 Å². The van der Waals surface area contributed by atoms with E-state index in [1.807, 2.05) is 0 Å². The molecule has 1 fully saturated rings. The Bertz CT molecular complexity index is 788. The Morgan fingerprint density at radius 3 is 2.65 bits per heavy atom. The Kier molecular flexibility index (Phi) is 2.66. The van der Waals surface area contributed by atoms with Gasteiger partial charge in [0.1, 0.15) is 0 Å². The molecule has 0 aromatic carbocycles. The number of imidazole rings is 1. The summed E-state index contributed by atoms with van der Waals surface area (Å²) in [5, 5.41) is 9.75. The van der Waals surface area contributed by atoms with E-state index in [4.69, 9.17) is 0 Å². The lowest BCUT2D eigenvalue weighted by Crippen LogP contribution is -2.47. The Labute approximate surface area is 115 Å². The Balaban J connectivity index is 2.09. The number of fused-ring (bicyclic) bond motifs is 1. The maximum Gasteiger partial charge on any atom is 0.332 e. The van der Waals surface area contributed by atoms with Crippen LogP contribution in [0.4, 0.5) is 0 Å². The first-order chi connectivity index (χ1) is 9.30. The van der Waals surface area contributed by atoms with Crippen molar-refractivity contribution in [2.75, 3.05) is 0 Å². The standard InChI is InChI=1S/C13H18N4O3/c1-13(20)4-8(5-13)6-17-11(18)9-10(14-7-15(9)2)16(3)12(17)19/h7-8,20H,4-6H2,1-3H3. The normalized spacial score (nSPS) is 25.9. The molecule has 0 bridgehead atoms. The average molecular weight is 278 g/mol. The van der Waals surface area contributed by atoms with Crippen molar-refractivity contribution in [1.29, 1.82) is 0 Å². The summed E-state index contributed by atoms with van der Waals surface area (Å²) in [6.45, 7) is 2.12. The molecule has 108 valence electrons. The number of aliphatic hydroxyl groups is 1. The van der Waals surface area contributed by atoms with Crippen LogP contribution in [0.15, 0.2) is 15.9 Å². The summed E-state index contributed by atoms with van der Waals surface area (Å²) in [4.78, 5) is 28.8. The van der Waals surface area contributed by atoms with E-state index in [1.54, 1.807) is 25.6 Å². The maximum absolute atomic E-state index is 12.4. The molecule has 0 unspecified atom stereocenters. The first-order valence-electron chi connectivity index (χ1n) is 6.63. The molecule has 1 N–H and O–H groups in total. The molecule has 0 spiro atoms. The van der Waals surface area contributed by atoms with Crippen molar-refractivity contribution in [3.05, 3.63) is 27.2 Å². The van der Waals surface area contributed by atoms with Crippen LogP contribution in [0.2, 0.25) is 0 Å². The second kappa shape index (κ2) is 4.05. The van der Waals surface area contributed by atoms with E-state index in [0.29, 0.717) is 30.6 Å². The van der Waals surface area contributed by atoms with Crippen molar-refractivity contribution in [3.63, 3.8) is 0 Å². The van der Waals surface area contributed by atoms with Crippen LogP contribution in [0.3, 0.4) is 0 Å². The lowest BCUT2D eigenvalue weighted by atomic mass is 9.72. The minimum atomic E-state index is -0.657. The van der Waals surface area contributed by atoms with Crippen LogP contribution in [0, 0.1) is 5.92 Å². The molecule has 0 radical (unpaired) electrons. The van der Waals surface area contributed by atoms with Gasteiger partial charge in [0, 0.05) is 20.6 Å². The Hall–Kier alpha value is -1.89. The zero-order chi connectivity index (χ0) is 14.7. The van der Waals surface area contributed by atoms with Crippen molar-refractivity contribution in [2.45, 2.75) is 31.9 Å². The van der Waals surface area contributed by atoms with Gasteiger partial charge in [-0.3, -0.25) is 13.9 Å². The number of aromatic nitrogens is 4. The molecule has 0 amide bonds. The van der Waals surface area contributed by atoms with Gasteiger partial charge in [-0.25, -0.2) is 9.78 Å². The van der Waals surface area contributed by atoms with Crippen LogP contribution in [-0.2, 0) is 20.6 Å². The SMILES string of the molecule is Cn1cnc2c1c(=O)n(CC1CC(C)(O)C1)c(=O)n2C. The van der Waals surface area contributed by atoms with E-state index in [9.17, 15) is 14.7 Å². The second-order valence-corrected chi connectivity index (χ2v) is 6.06. The van der Waals surface area contributed by atoms with Crippen LogP contribution in [0.25, 0.3) is 11.2 Å². The van der Waals surface area contributed by atoms with E-state index in [2.05, 4.69) is 4.98 Å². The zero-order valence-corrected chi connectivity index (χ0v) is 11.8. The molecular weight excluding hydrogens is 260 g/mol. The molecule has 0 atom stereocenters. The highest BCUT2D eigenvalue weighted by molar-refractivity contribution is 5.69. The van der Waals surface area contributed by atoms with E-state index < -0.39 is 5.60 Å². The smallest absolute Gasteiger partial charge is 0.332 e. The third kappa shape index (κ3) is 1.81. The molecule has 0 saturated heterocycles. The largest absolute Gasteiger partial charge is 0.390 e. The Morgan fingerprint density at radius 1 is 1.40 bits per heavy atom. The second-order valence-electron chi connectivity index (χ2n) is 6.06. The number of rotatable bonds is 2. The first kappa shape index (κ1) is 13.1. The highest BCUT2D eigenvalue weighted by atomic mass is 16.3. The van der Waals surface area contributed by atoms with Crippen LogP contribution >= 0.6 is 0 Å². The summed E-state index contributed by atoms with van der Waals surface area (Å²) in [7, 11) is 3.35. The molecule has 1 saturated carbocycles. The molecule has 2 aromatic rings. The minimum Gasteiger partial charge on any atom is -0.390 e. The van der Waals surface area contributed by atoms with Gasteiger partial charge < -0.3 is 9.67 Å². The maximum atomic E-state index is 12.4. The van der Waals surface area contributed by atoms with E-state index in [1.165, 1.54) is 15.5 Å². The molecule has 2 heterocycles. The van der Waals surface area contributed by atoms with Crippen molar-refractivity contribution in [2.24, 2.45) is 20.0 Å². The van der Waals surface area contributed by atoms with Crippen LogP contribution in [0.5, 0.6) is 0 Å². The monoisotopic (exact) mass is 278 g/mol. The molecule has 1 aliphatic rings. The molecule has 7 heteroatoms. The summed E-state index contributed by atoms with van der Waals surface area (Å²) in [5.74, 6) is 0.168. The summed E-state index contributed by atoms with van der Waals surface area (Å²) < 4.78 is 4.28. The predicted octanol–water partition coefficient (Wildman–Crippen LogP) is -0.405. The molecule has 0 aliphatic heterocycles. The lowest BCUT2D eigenvalue weighted by Gasteiger charge is -2.41. The van der Waals surface area contributed by atoms with Crippen molar-refractivity contribution < 1.29 is 5.11 Å². The van der Waals surface area contributed by atoms with Crippen LogP contribution in [0.1, 0.15) is 19.8 Å². The average Bonchev–Trinajstić information content (AvgIpc) is 2.71. The lowest BCUT2D eigenvalue weighted by molar-refractivity contribution is -0.0623. The van der Waals surface area contributed by atoms with Gasteiger partial charge in [-0.15, -0.1) is 0 Å².